The van der Waals surface area contributed by atoms with Crippen LogP contribution in [-0.4, -0.2) is 31.7 Å². The highest BCUT2D eigenvalue weighted by atomic mass is 32.2. The smallest absolute Gasteiger partial charge is 0.276 e. The van der Waals surface area contributed by atoms with Crippen LogP contribution in [0, 0.1) is 0 Å². The van der Waals surface area contributed by atoms with Crippen molar-refractivity contribution < 1.29 is 4.79 Å². The van der Waals surface area contributed by atoms with Crippen molar-refractivity contribution in [3.63, 3.8) is 0 Å². The van der Waals surface area contributed by atoms with E-state index in [1.165, 1.54) is 0 Å². The summed E-state index contributed by atoms with van der Waals surface area (Å²) < 4.78 is 2.06. The van der Waals surface area contributed by atoms with E-state index < -0.39 is 0 Å². The van der Waals surface area contributed by atoms with Gasteiger partial charge >= 0.3 is 0 Å². The van der Waals surface area contributed by atoms with Crippen molar-refractivity contribution in [1.29, 1.82) is 0 Å². The number of carbonyl (C=O) groups excluding carboxylic acids is 1. The molecule has 6 heteroatoms. The molecule has 0 radical (unpaired) electrons. The summed E-state index contributed by atoms with van der Waals surface area (Å²) in [6.45, 7) is 9.06. The summed E-state index contributed by atoms with van der Waals surface area (Å²) in [4.78, 5) is 23.1. The largest absolute Gasteiger partial charge is 0.326 e. The molecule has 0 aliphatic carbocycles. The summed E-state index contributed by atoms with van der Waals surface area (Å²) >= 11 is 1.82. The second-order valence-corrected chi connectivity index (χ2v) is 8.08. The predicted molar refractivity (Wildman–Crippen MR) is 95.8 cm³/mol. The van der Waals surface area contributed by atoms with Gasteiger partial charge in [0.1, 0.15) is 11.5 Å². The molecule has 0 unspecified atom stereocenters. The van der Waals surface area contributed by atoms with Crippen molar-refractivity contribution in [2.24, 2.45) is 7.05 Å². The van der Waals surface area contributed by atoms with Crippen LogP contribution < -0.4 is 4.90 Å². The molecular weight excluding hydrogens is 308 g/mol. The molecule has 0 aliphatic heterocycles. The fourth-order valence-corrected chi connectivity index (χ4v) is 2.99. The van der Waals surface area contributed by atoms with Crippen LogP contribution in [0.15, 0.2) is 30.7 Å². The molecule has 2 heterocycles. The minimum absolute atomic E-state index is 0.0532. The molecule has 0 aliphatic rings. The number of nitrogens with zero attached hydrogens (tertiary/aromatic N) is 4. The molecule has 23 heavy (non-hydrogen) atoms. The van der Waals surface area contributed by atoms with Gasteiger partial charge in [-0.05, 0) is 19.1 Å². The van der Waals surface area contributed by atoms with Gasteiger partial charge in [-0.25, -0.2) is 4.98 Å². The molecule has 0 fully saturated rings. The lowest BCUT2D eigenvalue weighted by atomic mass is 10.3. The summed E-state index contributed by atoms with van der Waals surface area (Å²) in [5, 5.41) is 0. The zero-order valence-electron chi connectivity index (χ0n) is 14.4. The van der Waals surface area contributed by atoms with E-state index in [1.54, 1.807) is 23.5 Å². The molecule has 0 bridgehead atoms. The van der Waals surface area contributed by atoms with Crippen molar-refractivity contribution in [3.05, 3.63) is 42.2 Å². The Morgan fingerprint density at radius 1 is 1.35 bits per heavy atom. The van der Waals surface area contributed by atoms with E-state index in [9.17, 15) is 4.79 Å². The summed E-state index contributed by atoms with van der Waals surface area (Å²) in [5.41, 5.74) is 1.40. The van der Waals surface area contributed by atoms with Gasteiger partial charge in [-0.15, -0.1) is 11.8 Å². The number of amides is 1. The normalized spacial score (nSPS) is 11.5. The van der Waals surface area contributed by atoms with Crippen LogP contribution in [0.5, 0.6) is 0 Å². The third-order valence-electron chi connectivity index (χ3n) is 3.46. The van der Waals surface area contributed by atoms with Crippen molar-refractivity contribution >= 4 is 23.4 Å². The Balaban J connectivity index is 2.21. The van der Waals surface area contributed by atoms with Crippen LogP contribution in [0.3, 0.4) is 0 Å². The molecule has 0 N–H and O–H groups in total. The molecular formula is C17H24N4OS. The minimum atomic E-state index is -0.0532. The third kappa shape index (κ3) is 4.34. The molecule has 0 saturated carbocycles. The van der Waals surface area contributed by atoms with Crippen molar-refractivity contribution in [2.75, 3.05) is 11.4 Å². The van der Waals surface area contributed by atoms with E-state index in [1.807, 2.05) is 42.4 Å². The summed E-state index contributed by atoms with van der Waals surface area (Å²) in [6.07, 6.45) is 5.07. The maximum Gasteiger partial charge on any atom is 0.276 e. The highest BCUT2D eigenvalue weighted by Gasteiger charge is 2.21. The number of pyridine rings is 1. The molecule has 2 rings (SSSR count). The van der Waals surface area contributed by atoms with Gasteiger partial charge in [-0.1, -0.05) is 20.8 Å². The zero-order valence-corrected chi connectivity index (χ0v) is 15.2. The van der Waals surface area contributed by atoms with Crippen LogP contribution in [-0.2, 0) is 12.8 Å². The maximum absolute atomic E-state index is 12.8. The Labute approximate surface area is 142 Å². The lowest BCUT2D eigenvalue weighted by molar-refractivity contribution is 0.0980. The number of aromatic nitrogens is 3. The average molecular weight is 332 g/mol. The summed E-state index contributed by atoms with van der Waals surface area (Å²) in [7, 11) is 1.90. The topological polar surface area (TPSA) is 51.0 Å². The van der Waals surface area contributed by atoms with Gasteiger partial charge in [0.05, 0.1) is 23.8 Å². The highest BCUT2D eigenvalue weighted by Crippen LogP contribution is 2.27. The van der Waals surface area contributed by atoms with Crippen LogP contribution >= 0.6 is 11.8 Å². The number of thioether (sulfide) groups is 1. The number of anilines is 1. The number of carbonyl (C=O) groups is 1. The molecule has 0 saturated heterocycles. The number of hydrogen-bond acceptors (Lipinski definition) is 4. The molecule has 0 atom stereocenters. The van der Waals surface area contributed by atoms with E-state index in [4.69, 9.17) is 0 Å². The molecule has 1 amide bonds. The molecule has 2 aromatic rings. The van der Waals surface area contributed by atoms with Gasteiger partial charge in [0.2, 0.25) is 0 Å². The van der Waals surface area contributed by atoms with E-state index in [-0.39, 0.29) is 10.7 Å². The first-order valence-electron chi connectivity index (χ1n) is 7.70. The van der Waals surface area contributed by atoms with Crippen LogP contribution in [0.4, 0.5) is 5.69 Å². The van der Waals surface area contributed by atoms with Gasteiger partial charge in [0.15, 0.2) is 0 Å². The molecule has 124 valence electrons. The van der Waals surface area contributed by atoms with Gasteiger partial charge in [-0.2, -0.15) is 0 Å². The van der Waals surface area contributed by atoms with Crippen molar-refractivity contribution in [3.8, 4) is 0 Å². The average Bonchev–Trinajstić information content (AvgIpc) is 2.87. The lowest BCUT2D eigenvalue weighted by Gasteiger charge is -2.21. The van der Waals surface area contributed by atoms with Crippen LogP contribution in [0.25, 0.3) is 0 Å². The first-order chi connectivity index (χ1) is 10.8. The number of hydrogen-bond donors (Lipinski definition) is 0. The quantitative estimate of drug-likeness (QED) is 0.841. The molecule has 0 spiro atoms. The summed E-state index contributed by atoms with van der Waals surface area (Å²) in [6, 6.07) is 3.72. The van der Waals surface area contributed by atoms with Gasteiger partial charge in [0, 0.05) is 24.5 Å². The first-order valence-corrected chi connectivity index (χ1v) is 8.68. The minimum Gasteiger partial charge on any atom is -0.326 e. The monoisotopic (exact) mass is 332 g/mol. The lowest BCUT2D eigenvalue weighted by Crippen LogP contribution is -2.32. The van der Waals surface area contributed by atoms with E-state index in [2.05, 4.69) is 30.7 Å². The predicted octanol–water partition coefficient (Wildman–Crippen LogP) is 3.51. The second kappa shape index (κ2) is 7.17. The van der Waals surface area contributed by atoms with Gasteiger partial charge < -0.3 is 9.47 Å². The van der Waals surface area contributed by atoms with Crippen LogP contribution in [0.1, 0.15) is 44.0 Å². The second-order valence-electron chi connectivity index (χ2n) is 6.28. The Morgan fingerprint density at radius 3 is 2.65 bits per heavy atom. The highest BCUT2D eigenvalue weighted by molar-refractivity contribution is 7.99. The SMILES string of the molecule is CCN(C(=O)c1cnc(CSC(C)(C)C)n1C)c1cccnc1. The number of imidazole rings is 1. The Morgan fingerprint density at radius 2 is 2.09 bits per heavy atom. The van der Waals surface area contributed by atoms with E-state index in [0.29, 0.717) is 12.2 Å². The van der Waals surface area contributed by atoms with Crippen molar-refractivity contribution in [1.82, 2.24) is 14.5 Å². The molecule has 5 nitrogen and oxygen atoms in total. The van der Waals surface area contributed by atoms with E-state index >= 15 is 0 Å². The maximum atomic E-state index is 12.8. The Kier molecular flexibility index (Phi) is 5.46. The Hall–Kier alpha value is -1.82. The van der Waals surface area contributed by atoms with Gasteiger partial charge in [0.25, 0.3) is 5.91 Å². The van der Waals surface area contributed by atoms with Crippen LogP contribution in [0.2, 0.25) is 0 Å². The molecule has 0 aromatic carbocycles. The third-order valence-corrected chi connectivity index (χ3v) is 4.73. The molecule has 2 aromatic heterocycles. The number of rotatable bonds is 5. The standard InChI is InChI=1S/C17H24N4OS/c1-6-21(13-8-7-9-18-10-13)16(22)14-11-19-15(20(14)5)12-23-17(2,3)4/h7-11H,6,12H2,1-5H3. The van der Waals surface area contributed by atoms with Gasteiger partial charge in [-0.3, -0.25) is 9.78 Å². The van der Waals surface area contributed by atoms with E-state index in [0.717, 1.165) is 17.3 Å². The summed E-state index contributed by atoms with van der Waals surface area (Å²) in [5.74, 6) is 1.64. The first kappa shape index (κ1) is 17.5. The van der Waals surface area contributed by atoms with Crippen molar-refractivity contribution in [2.45, 2.75) is 38.2 Å². The fraction of sp³-hybridized carbons (Fsp3) is 0.471. The zero-order chi connectivity index (χ0) is 17.0. The Bertz CT molecular complexity index is 661. The fourth-order valence-electron chi connectivity index (χ4n) is 2.16.